The molecule has 1 N–H and O–H groups in total. The molecular weight excluding hydrogens is 322 g/mol. The van der Waals surface area contributed by atoms with E-state index < -0.39 is 11.4 Å². The van der Waals surface area contributed by atoms with Crippen LogP contribution in [0.15, 0.2) is 24.3 Å². The number of nitrogens with zero attached hydrogens (tertiary/aromatic N) is 1. The van der Waals surface area contributed by atoms with E-state index in [-0.39, 0.29) is 24.3 Å². The maximum atomic E-state index is 13.1. The van der Waals surface area contributed by atoms with Gasteiger partial charge in [-0.05, 0) is 30.5 Å². The fraction of sp³-hybridized carbons (Fsp3) is 0.579. The molecular formula is C19H25NO5. The van der Waals surface area contributed by atoms with Gasteiger partial charge in [-0.25, -0.2) is 0 Å². The Bertz CT molecular complexity index is 644. The third-order valence-electron chi connectivity index (χ3n) is 5.67. The molecule has 3 atom stereocenters. The first-order valence-electron chi connectivity index (χ1n) is 8.75. The standard InChI is InChI=1S/C19H25NO5/c1-3-16(13-4-6-15(24-2)7-5-13)17(21)20-10-14-11-25-9-8-19(14,12-20)18(22)23/h4-7,14,16H,3,8-12H2,1-2H3,(H,22,23)/t14-,16?,19+/m0/s1. The predicted octanol–water partition coefficient (Wildman–Crippen LogP) is 2.14. The summed E-state index contributed by atoms with van der Waals surface area (Å²) in [7, 11) is 1.61. The van der Waals surface area contributed by atoms with Crippen LogP contribution in [0.5, 0.6) is 5.75 Å². The Balaban J connectivity index is 1.80. The van der Waals surface area contributed by atoms with Crippen LogP contribution in [0.1, 0.15) is 31.2 Å². The van der Waals surface area contributed by atoms with Gasteiger partial charge in [0.05, 0.1) is 25.0 Å². The first kappa shape index (κ1) is 17.7. The third-order valence-corrected chi connectivity index (χ3v) is 5.67. The summed E-state index contributed by atoms with van der Waals surface area (Å²) in [5.41, 5.74) is 0.0790. The molecule has 6 nitrogen and oxygen atoms in total. The van der Waals surface area contributed by atoms with Crippen LogP contribution in [0.25, 0.3) is 0 Å². The van der Waals surface area contributed by atoms with Gasteiger partial charge in [0.1, 0.15) is 5.75 Å². The molecule has 1 unspecified atom stereocenters. The van der Waals surface area contributed by atoms with Crippen molar-refractivity contribution in [2.75, 3.05) is 33.4 Å². The molecule has 1 amide bonds. The molecule has 3 rings (SSSR count). The molecule has 6 heteroatoms. The monoisotopic (exact) mass is 347 g/mol. The van der Waals surface area contributed by atoms with Gasteiger partial charge in [-0.15, -0.1) is 0 Å². The van der Waals surface area contributed by atoms with E-state index in [0.29, 0.717) is 32.6 Å². The highest BCUT2D eigenvalue weighted by molar-refractivity contribution is 5.86. The molecule has 1 aromatic carbocycles. The van der Waals surface area contributed by atoms with Crippen molar-refractivity contribution in [2.45, 2.75) is 25.7 Å². The Labute approximate surface area is 147 Å². The molecule has 0 spiro atoms. The molecule has 0 aliphatic carbocycles. The van der Waals surface area contributed by atoms with Crippen molar-refractivity contribution in [1.29, 1.82) is 0 Å². The van der Waals surface area contributed by atoms with E-state index in [9.17, 15) is 14.7 Å². The molecule has 0 aromatic heterocycles. The van der Waals surface area contributed by atoms with Gasteiger partial charge in [0, 0.05) is 25.6 Å². The van der Waals surface area contributed by atoms with Crippen molar-refractivity contribution >= 4 is 11.9 Å². The van der Waals surface area contributed by atoms with Crippen LogP contribution in [0, 0.1) is 11.3 Å². The number of rotatable bonds is 5. The van der Waals surface area contributed by atoms with Gasteiger partial charge in [-0.2, -0.15) is 0 Å². The average Bonchev–Trinajstić information content (AvgIpc) is 3.04. The van der Waals surface area contributed by atoms with Crippen LogP contribution in [0.3, 0.4) is 0 Å². The van der Waals surface area contributed by atoms with Crippen molar-refractivity contribution in [1.82, 2.24) is 4.90 Å². The van der Waals surface area contributed by atoms with E-state index in [1.54, 1.807) is 12.0 Å². The lowest BCUT2D eigenvalue weighted by atomic mass is 9.74. The number of carboxylic acids is 1. The summed E-state index contributed by atoms with van der Waals surface area (Å²) in [5.74, 6) is -0.453. The number of ether oxygens (including phenoxy) is 2. The molecule has 25 heavy (non-hydrogen) atoms. The lowest BCUT2D eigenvalue weighted by Crippen LogP contribution is -2.45. The Morgan fingerprint density at radius 1 is 1.40 bits per heavy atom. The van der Waals surface area contributed by atoms with Crippen LogP contribution < -0.4 is 4.74 Å². The fourth-order valence-corrected chi connectivity index (χ4v) is 4.08. The number of carbonyl (C=O) groups excluding carboxylic acids is 1. The number of hydrogen-bond acceptors (Lipinski definition) is 4. The Kier molecular flexibility index (Phi) is 4.99. The molecule has 0 saturated carbocycles. The van der Waals surface area contributed by atoms with Gasteiger partial charge in [-0.3, -0.25) is 9.59 Å². The van der Waals surface area contributed by atoms with Gasteiger partial charge >= 0.3 is 5.97 Å². The minimum atomic E-state index is -0.855. The predicted molar refractivity (Wildman–Crippen MR) is 91.6 cm³/mol. The highest BCUT2D eigenvalue weighted by Crippen LogP contribution is 2.43. The van der Waals surface area contributed by atoms with E-state index in [0.717, 1.165) is 11.3 Å². The van der Waals surface area contributed by atoms with E-state index in [1.807, 2.05) is 31.2 Å². The number of benzene rings is 1. The third kappa shape index (κ3) is 3.11. The Hall–Kier alpha value is -2.08. The lowest BCUT2D eigenvalue weighted by molar-refractivity contribution is -0.157. The summed E-state index contributed by atoms with van der Waals surface area (Å²) in [5, 5.41) is 9.76. The maximum absolute atomic E-state index is 13.1. The van der Waals surface area contributed by atoms with Gasteiger partial charge in [-0.1, -0.05) is 19.1 Å². The zero-order valence-electron chi connectivity index (χ0n) is 14.7. The summed E-state index contributed by atoms with van der Waals surface area (Å²) >= 11 is 0. The van der Waals surface area contributed by atoms with Gasteiger partial charge < -0.3 is 19.5 Å². The molecule has 0 radical (unpaired) electrons. The quantitative estimate of drug-likeness (QED) is 0.883. The summed E-state index contributed by atoms with van der Waals surface area (Å²) in [6.07, 6.45) is 1.14. The molecule has 2 aliphatic rings. The Morgan fingerprint density at radius 2 is 2.12 bits per heavy atom. The van der Waals surface area contributed by atoms with Crippen molar-refractivity contribution < 1.29 is 24.2 Å². The molecule has 2 saturated heterocycles. The first-order chi connectivity index (χ1) is 12.0. The maximum Gasteiger partial charge on any atom is 0.311 e. The number of fused-ring (bicyclic) bond motifs is 1. The summed E-state index contributed by atoms with van der Waals surface area (Å²) in [4.78, 5) is 26.7. The van der Waals surface area contributed by atoms with E-state index in [4.69, 9.17) is 9.47 Å². The summed E-state index contributed by atoms with van der Waals surface area (Å²) in [6, 6.07) is 7.51. The van der Waals surface area contributed by atoms with E-state index >= 15 is 0 Å². The normalized spacial score (nSPS) is 26.8. The second-order valence-corrected chi connectivity index (χ2v) is 6.94. The molecule has 136 valence electrons. The lowest BCUT2D eigenvalue weighted by Gasteiger charge is -2.34. The van der Waals surface area contributed by atoms with Crippen molar-refractivity contribution in [3.8, 4) is 5.75 Å². The highest BCUT2D eigenvalue weighted by Gasteiger charge is 2.55. The van der Waals surface area contributed by atoms with Crippen molar-refractivity contribution in [3.05, 3.63) is 29.8 Å². The van der Waals surface area contributed by atoms with Gasteiger partial charge in [0.2, 0.25) is 5.91 Å². The van der Waals surface area contributed by atoms with E-state index in [2.05, 4.69) is 0 Å². The van der Waals surface area contributed by atoms with Gasteiger partial charge in [0.15, 0.2) is 0 Å². The number of aliphatic carboxylic acids is 1. The zero-order valence-corrected chi connectivity index (χ0v) is 14.7. The number of carbonyl (C=O) groups is 2. The SMILES string of the molecule is CCC(C(=O)N1C[C@H]2COCC[C@@]2(C(=O)O)C1)c1ccc(OC)cc1. The largest absolute Gasteiger partial charge is 0.497 e. The van der Waals surface area contributed by atoms with Gasteiger partial charge in [0.25, 0.3) is 0 Å². The Morgan fingerprint density at radius 3 is 2.68 bits per heavy atom. The minimum Gasteiger partial charge on any atom is -0.497 e. The number of hydrogen-bond donors (Lipinski definition) is 1. The van der Waals surface area contributed by atoms with Crippen molar-refractivity contribution in [3.63, 3.8) is 0 Å². The number of methoxy groups -OCH3 is 1. The second kappa shape index (κ2) is 7.04. The minimum absolute atomic E-state index is 0.00249. The molecule has 2 aliphatic heterocycles. The smallest absolute Gasteiger partial charge is 0.311 e. The molecule has 1 aromatic rings. The fourth-order valence-electron chi connectivity index (χ4n) is 4.08. The topological polar surface area (TPSA) is 76.1 Å². The van der Waals surface area contributed by atoms with Crippen LogP contribution in [-0.2, 0) is 14.3 Å². The number of amides is 1. The number of carboxylic acid groups (broad SMARTS) is 1. The number of likely N-dealkylation sites (tertiary alicyclic amines) is 1. The van der Waals surface area contributed by atoms with Crippen LogP contribution in [-0.4, -0.2) is 55.3 Å². The summed E-state index contributed by atoms with van der Waals surface area (Å²) < 4.78 is 10.6. The van der Waals surface area contributed by atoms with Crippen molar-refractivity contribution in [2.24, 2.45) is 11.3 Å². The second-order valence-electron chi connectivity index (χ2n) is 6.94. The van der Waals surface area contributed by atoms with Crippen LogP contribution in [0.2, 0.25) is 0 Å². The molecule has 0 bridgehead atoms. The van der Waals surface area contributed by atoms with E-state index in [1.165, 1.54) is 0 Å². The molecule has 2 fully saturated rings. The van der Waals surface area contributed by atoms with Crippen LogP contribution >= 0.6 is 0 Å². The zero-order chi connectivity index (χ0) is 18.0. The average molecular weight is 347 g/mol. The summed E-state index contributed by atoms with van der Waals surface area (Å²) in [6.45, 7) is 3.57. The van der Waals surface area contributed by atoms with Crippen LogP contribution in [0.4, 0.5) is 0 Å². The first-order valence-corrected chi connectivity index (χ1v) is 8.75. The highest BCUT2D eigenvalue weighted by atomic mass is 16.5. The molecule has 2 heterocycles.